The Morgan fingerprint density at radius 3 is 2.55 bits per heavy atom. The summed E-state index contributed by atoms with van der Waals surface area (Å²) in [6.45, 7) is 4.68. The van der Waals surface area contributed by atoms with E-state index in [0.717, 1.165) is 0 Å². The zero-order valence-corrected chi connectivity index (χ0v) is 27.9. The van der Waals surface area contributed by atoms with E-state index in [2.05, 4.69) is 16.0 Å². The van der Waals surface area contributed by atoms with Gasteiger partial charge in [0.25, 0.3) is 5.91 Å². The predicted molar refractivity (Wildman–Crippen MR) is 176 cm³/mol. The number of nitrogens with one attached hydrogen (secondary N) is 3. The molecule has 1 fully saturated rings. The van der Waals surface area contributed by atoms with E-state index >= 15 is 0 Å². The third-order valence-corrected chi connectivity index (χ3v) is 8.31. The number of halogens is 1. The number of hydrogen-bond donors (Lipinski definition) is 3. The van der Waals surface area contributed by atoms with Gasteiger partial charge in [0.2, 0.25) is 23.6 Å². The summed E-state index contributed by atoms with van der Waals surface area (Å²) >= 11 is 5.92. The number of amides is 5. The van der Waals surface area contributed by atoms with E-state index in [-0.39, 0.29) is 80.1 Å². The minimum atomic E-state index is -1.05. The molecule has 0 aromatic heterocycles. The van der Waals surface area contributed by atoms with Crippen molar-refractivity contribution in [3.05, 3.63) is 59.1 Å². The first-order valence-corrected chi connectivity index (χ1v) is 16.4. The number of likely N-dealkylation sites (N-methyl/N-ethyl adjacent to an activating group) is 1. The number of nitrogens with zero attached hydrogens (tertiary/aromatic N) is 2. The summed E-state index contributed by atoms with van der Waals surface area (Å²) in [5, 5.41) is 9.12. The molecule has 0 aliphatic carbocycles. The van der Waals surface area contributed by atoms with Crippen LogP contribution in [0.1, 0.15) is 56.3 Å². The first-order chi connectivity index (χ1) is 22.5. The van der Waals surface area contributed by atoms with Gasteiger partial charge < -0.3 is 35.2 Å². The van der Waals surface area contributed by atoms with Crippen molar-refractivity contribution in [2.75, 3.05) is 39.9 Å². The van der Waals surface area contributed by atoms with Gasteiger partial charge in [0, 0.05) is 25.0 Å². The van der Waals surface area contributed by atoms with E-state index in [4.69, 9.17) is 21.1 Å². The largest absolute Gasteiger partial charge is 0.492 e. The van der Waals surface area contributed by atoms with Crippen molar-refractivity contribution in [3.63, 3.8) is 0 Å². The molecule has 5 amide bonds. The van der Waals surface area contributed by atoms with Crippen LogP contribution in [-0.2, 0) is 19.2 Å². The molecule has 2 heterocycles. The molecule has 254 valence electrons. The highest BCUT2D eigenvalue weighted by Gasteiger charge is 2.36. The fourth-order valence-electron chi connectivity index (χ4n) is 5.76. The number of carbonyl (C=O) groups is 5. The molecule has 47 heavy (non-hydrogen) atoms. The lowest BCUT2D eigenvalue weighted by Crippen LogP contribution is -2.51. The van der Waals surface area contributed by atoms with Crippen molar-refractivity contribution < 1.29 is 33.4 Å². The van der Waals surface area contributed by atoms with Crippen molar-refractivity contribution >= 4 is 41.1 Å². The molecule has 3 N–H and O–H groups in total. The van der Waals surface area contributed by atoms with E-state index in [1.165, 1.54) is 9.80 Å². The molecular formula is C34H44ClN5O7. The molecule has 1 saturated heterocycles. The summed E-state index contributed by atoms with van der Waals surface area (Å²) in [6, 6.07) is 11.3. The average Bonchev–Trinajstić information content (AvgIpc) is 3.53. The molecule has 2 aromatic rings. The highest BCUT2D eigenvalue weighted by molar-refractivity contribution is 6.30. The standard InChI is InChI=1S/C34H44ClN5O7/c1-22(2)19-24-21-47-29-9-5-4-7-26(29)32(43)38-27(33(44)36-16-18-46-25-12-10-23(35)11-13-25)14-15-31(42)40-17-6-8-28(40)34(45)39(3)20-30(41)37-24/h4-5,7,9-13,22,24,27-28H,6,8,14-21H2,1-3H3,(H,36,44)(H,37,41)(H,38,43)/t24-,27-,28-/m0/s1. The van der Waals surface area contributed by atoms with E-state index in [9.17, 15) is 24.0 Å². The minimum absolute atomic E-state index is 0.00356. The van der Waals surface area contributed by atoms with E-state index < -0.39 is 23.9 Å². The summed E-state index contributed by atoms with van der Waals surface area (Å²) in [5.74, 6) is -0.892. The number of ether oxygens (including phenoxy) is 2. The normalized spacial score (nSPS) is 21.5. The molecule has 4 rings (SSSR count). The smallest absolute Gasteiger partial charge is 0.255 e. The Kier molecular flexibility index (Phi) is 12.9. The Balaban J connectivity index is 1.54. The van der Waals surface area contributed by atoms with Gasteiger partial charge in [0.05, 0.1) is 24.7 Å². The molecule has 12 nitrogen and oxygen atoms in total. The Labute approximate surface area is 280 Å². The molecule has 2 aromatic carbocycles. The van der Waals surface area contributed by atoms with Crippen LogP contribution in [0.15, 0.2) is 48.5 Å². The summed E-state index contributed by atoms with van der Waals surface area (Å²) < 4.78 is 11.7. The van der Waals surface area contributed by atoms with Gasteiger partial charge in [-0.05, 0) is 68.0 Å². The van der Waals surface area contributed by atoms with Gasteiger partial charge in [-0.25, -0.2) is 0 Å². The molecule has 2 aliphatic heterocycles. The maximum absolute atomic E-state index is 13.6. The van der Waals surface area contributed by atoms with Crippen molar-refractivity contribution in [2.24, 2.45) is 5.92 Å². The number of para-hydroxylation sites is 1. The van der Waals surface area contributed by atoms with E-state index in [1.807, 2.05) is 13.8 Å². The van der Waals surface area contributed by atoms with Gasteiger partial charge in [0.1, 0.15) is 36.8 Å². The minimum Gasteiger partial charge on any atom is -0.492 e. The Morgan fingerprint density at radius 1 is 1.06 bits per heavy atom. The van der Waals surface area contributed by atoms with Crippen LogP contribution in [0.25, 0.3) is 0 Å². The van der Waals surface area contributed by atoms with Gasteiger partial charge in [0.15, 0.2) is 0 Å². The highest BCUT2D eigenvalue weighted by Crippen LogP contribution is 2.23. The lowest BCUT2D eigenvalue weighted by molar-refractivity contribution is -0.144. The Hall–Kier alpha value is -4.32. The number of rotatable bonds is 7. The number of hydrogen-bond acceptors (Lipinski definition) is 7. The molecule has 0 spiro atoms. The molecule has 2 aliphatic rings. The monoisotopic (exact) mass is 669 g/mol. The third kappa shape index (κ3) is 10.3. The Bertz CT molecular complexity index is 1420. The second-order valence-corrected chi connectivity index (χ2v) is 12.7. The molecule has 0 unspecified atom stereocenters. The molecule has 0 bridgehead atoms. The summed E-state index contributed by atoms with van der Waals surface area (Å²) in [7, 11) is 1.55. The summed E-state index contributed by atoms with van der Waals surface area (Å²) in [4.78, 5) is 69.6. The van der Waals surface area contributed by atoms with Crippen LogP contribution in [0.5, 0.6) is 11.5 Å². The van der Waals surface area contributed by atoms with Gasteiger partial charge >= 0.3 is 0 Å². The lowest BCUT2D eigenvalue weighted by Gasteiger charge is -2.29. The van der Waals surface area contributed by atoms with Crippen LogP contribution in [0, 0.1) is 5.92 Å². The highest BCUT2D eigenvalue weighted by atomic mass is 35.5. The lowest BCUT2D eigenvalue weighted by atomic mass is 10.0. The summed E-state index contributed by atoms with van der Waals surface area (Å²) in [5.41, 5.74) is 0.211. The summed E-state index contributed by atoms with van der Waals surface area (Å²) in [6.07, 6.45) is 1.64. The van der Waals surface area contributed by atoms with Gasteiger partial charge in [-0.3, -0.25) is 24.0 Å². The maximum Gasteiger partial charge on any atom is 0.255 e. The van der Waals surface area contributed by atoms with Gasteiger partial charge in [-0.2, -0.15) is 0 Å². The Morgan fingerprint density at radius 2 is 1.81 bits per heavy atom. The van der Waals surface area contributed by atoms with Crippen molar-refractivity contribution in [1.29, 1.82) is 0 Å². The van der Waals surface area contributed by atoms with Gasteiger partial charge in [-0.15, -0.1) is 0 Å². The second kappa shape index (κ2) is 17.0. The van der Waals surface area contributed by atoms with E-state index in [0.29, 0.717) is 36.6 Å². The maximum atomic E-state index is 13.6. The van der Waals surface area contributed by atoms with Gasteiger partial charge in [-0.1, -0.05) is 37.6 Å². The number of fused-ring (bicyclic) bond motifs is 2. The molecule has 3 atom stereocenters. The van der Waals surface area contributed by atoms with Crippen LogP contribution in [0.3, 0.4) is 0 Å². The second-order valence-electron chi connectivity index (χ2n) is 12.3. The molecule has 13 heteroatoms. The molecular weight excluding hydrogens is 626 g/mol. The van der Waals surface area contributed by atoms with Crippen LogP contribution in [-0.4, -0.2) is 97.4 Å². The fourth-order valence-corrected chi connectivity index (χ4v) is 5.89. The zero-order valence-electron chi connectivity index (χ0n) is 27.1. The van der Waals surface area contributed by atoms with Crippen molar-refractivity contribution in [2.45, 2.75) is 64.1 Å². The van der Waals surface area contributed by atoms with Crippen molar-refractivity contribution in [1.82, 2.24) is 25.8 Å². The van der Waals surface area contributed by atoms with Crippen molar-refractivity contribution in [3.8, 4) is 11.5 Å². The molecule has 0 radical (unpaired) electrons. The van der Waals surface area contributed by atoms with Crippen LogP contribution in [0.4, 0.5) is 0 Å². The predicted octanol–water partition coefficient (Wildman–Crippen LogP) is 2.79. The number of benzene rings is 2. The first-order valence-electron chi connectivity index (χ1n) is 16.0. The van der Waals surface area contributed by atoms with Crippen LogP contribution >= 0.6 is 11.6 Å². The third-order valence-electron chi connectivity index (χ3n) is 8.06. The van der Waals surface area contributed by atoms with Crippen LogP contribution in [0.2, 0.25) is 5.02 Å². The first kappa shape index (κ1) is 35.5. The zero-order chi connectivity index (χ0) is 33.9. The topological polar surface area (TPSA) is 146 Å². The quantitative estimate of drug-likeness (QED) is 0.385. The van der Waals surface area contributed by atoms with Crippen LogP contribution < -0.4 is 25.4 Å². The SMILES string of the molecule is CC(C)C[C@H]1COc2ccccc2C(=O)N[C@H](C(=O)NCCOc2ccc(Cl)cc2)CCC(=O)N2CCC[C@H]2C(=O)N(C)CC(=O)N1. The van der Waals surface area contributed by atoms with E-state index in [1.54, 1.807) is 55.6 Å². The molecule has 0 saturated carbocycles. The number of carbonyl (C=O) groups excluding carboxylic acids is 5. The average molecular weight is 670 g/mol. The fraction of sp³-hybridized carbons (Fsp3) is 0.500.